The Balaban J connectivity index is 2.05. The van der Waals surface area contributed by atoms with E-state index in [4.69, 9.17) is 4.74 Å². The molecule has 21 heavy (non-hydrogen) atoms. The number of hydrogen-bond acceptors (Lipinski definition) is 2. The number of amides is 1. The number of halogens is 1. The fourth-order valence-corrected chi connectivity index (χ4v) is 2.22. The summed E-state index contributed by atoms with van der Waals surface area (Å²) < 4.78 is 19.0. The van der Waals surface area contributed by atoms with Crippen molar-refractivity contribution in [1.82, 2.24) is 4.90 Å². The summed E-state index contributed by atoms with van der Waals surface area (Å²) >= 11 is 0. The molecule has 0 aliphatic carbocycles. The molecular formula is C16H21BFNO2. The third-order valence-electron chi connectivity index (χ3n) is 3.40. The van der Waals surface area contributed by atoms with Gasteiger partial charge in [-0.1, -0.05) is 23.7 Å². The second kappa shape index (κ2) is 5.92. The van der Waals surface area contributed by atoms with Crippen molar-refractivity contribution in [3.63, 3.8) is 0 Å². The Morgan fingerprint density at radius 1 is 1.38 bits per heavy atom. The minimum atomic E-state index is -0.485. The molecule has 0 spiro atoms. The van der Waals surface area contributed by atoms with E-state index in [9.17, 15) is 9.18 Å². The molecule has 0 saturated carbocycles. The molecule has 1 aliphatic rings. The predicted octanol–water partition coefficient (Wildman–Crippen LogP) is 2.11. The second-order valence-corrected chi connectivity index (χ2v) is 6.37. The van der Waals surface area contributed by atoms with Crippen LogP contribution >= 0.6 is 0 Å². The van der Waals surface area contributed by atoms with E-state index < -0.39 is 5.60 Å². The number of rotatable bonds is 1. The molecule has 1 aromatic rings. The highest BCUT2D eigenvalue weighted by atomic mass is 19.1. The second-order valence-electron chi connectivity index (χ2n) is 6.37. The lowest BCUT2D eigenvalue weighted by atomic mass is 9.91. The van der Waals surface area contributed by atoms with Gasteiger partial charge < -0.3 is 9.64 Å². The topological polar surface area (TPSA) is 29.5 Å². The third-order valence-corrected chi connectivity index (χ3v) is 3.40. The molecule has 0 bridgehead atoms. The van der Waals surface area contributed by atoms with Gasteiger partial charge in [-0.3, -0.25) is 0 Å². The number of benzene rings is 1. The summed E-state index contributed by atoms with van der Waals surface area (Å²) in [5, 5.41) is 0. The normalized spacial score (nSPS) is 15.6. The van der Waals surface area contributed by atoms with Crippen LogP contribution in [0.4, 0.5) is 9.18 Å². The summed E-state index contributed by atoms with van der Waals surface area (Å²) in [6.45, 7) is 6.65. The van der Waals surface area contributed by atoms with Gasteiger partial charge in [0.1, 0.15) is 19.3 Å². The zero-order valence-corrected chi connectivity index (χ0v) is 13.1. The number of carbonyl (C=O) groups is 1. The monoisotopic (exact) mass is 289 g/mol. The first-order valence-electron chi connectivity index (χ1n) is 7.20. The van der Waals surface area contributed by atoms with Crippen molar-refractivity contribution in [1.29, 1.82) is 0 Å². The van der Waals surface area contributed by atoms with Crippen molar-refractivity contribution >= 4 is 25.0 Å². The summed E-state index contributed by atoms with van der Waals surface area (Å²) in [7, 11) is 1.75. The van der Waals surface area contributed by atoms with Crippen molar-refractivity contribution in [2.24, 2.45) is 0 Å². The number of nitrogens with zero attached hydrogens (tertiary/aromatic N) is 1. The molecule has 0 aromatic heterocycles. The molecule has 0 N–H and O–H groups in total. The van der Waals surface area contributed by atoms with Gasteiger partial charge in [0.05, 0.1) is 0 Å². The quantitative estimate of drug-likeness (QED) is 0.741. The first kappa shape index (κ1) is 15.6. The Kier molecular flexibility index (Phi) is 4.40. The van der Waals surface area contributed by atoms with E-state index in [-0.39, 0.29) is 11.9 Å². The van der Waals surface area contributed by atoms with E-state index in [0.29, 0.717) is 25.0 Å². The third kappa shape index (κ3) is 4.10. The van der Waals surface area contributed by atoms with E-state index >= 15 is 0 Å². The standard InChI is InChI=1S/C16H21BFNO2/c1-16(2,3)21-15(20)19-8-6-11(7-9-19)12-4-5-13(17)14(18)10-12/h4-6,10H,7-9,17H2,1-3H3. The van der Waals surface area contributed by atoms with Crippen LogP contribution in [0.1, 0.15) is 32.8 Å². The lowest BCUT2D eigenvalue weighted by Gasteiger charge is -2.29. The molecule has 2 rings (SSSR count). The average Bonchev–Trinajstić information content (AvgIpc) is 2.40. The maximum absolute atomic E-state index is 13.6. The molecule has 0 unspecified atom stereocenters. The SMILES string of the molecule is Bc1ccc(C2=CCN(C(=O)OC(C)(C)C)CC2)cc1F. The molecule has 1 aliphatic heterocycles. The highest BCUT2D eigenvalue weighted by Crippen LogP contribution is 2.23. The first-order chi connectivity index (χ1) is 9.76. The van der Waals surface area contributed by atoms with Crippen LogP contribution in [0.15, 0.2) is 24.3 Å². The highest BCUT2D eigenvalue weighted by molar-refractivity contribution is 6.32. The number of ether oxygens (including phenoxy) is 1. The summed E-state index contributed by atoms with van der Waals surface area (Å²) in [6, 6.07) is 5.27. The van der Waals surface area contributed by atoms with E-state index in [2.05, 4.69) is 0 Å². The van der Waals surface area contributed by atoms with Crippen LogP contribution in [0, 0.1) is 5.82 Å². The van der Waals surface area contributed by atoms with Gasteiger partial charge in [-0.15, -0.1) is 0 Å². The van der Waals surface area contributed by atoms with Crippen molar-refractivity contribution in [2.75, 3.05) is 13.1 Å². The van der Waals surface area contributed by atoms with Crippen LogP contribution in [0.2, 0.25) is 0 Å². The minimum absolute atomic E-state index is 0.192. The van der Waals surface area contributed by atoms with Crippen molar-refractivity contribution in [3.05, 3.63) is 35.7 Å². The molecule has 112 valence electrons. The highest BCUT2D eigenvalue weighted by Gasteiger charge is 2.23. The van der Waals surface area contributed by atoms with E-state index in [1.54, 1.807) is 24.9 Å². The van der Waals surface area contributed by atoms with Crippen molar-refractivity contribution < 1.29 is 13.9 Å². The number of carbonyl (C=O) groups excluding carboxylic acids is 1. The lowest BCUT2D eigenvalue weighted by Crippen LogP contribution is -2.39. The maximum Gasteiger partial charge on any atom is 0.410 e. The Labute approximate surface area is 126 Å². The Hall–Kier alpha value is -1.78. The summed E-state index contributed by atoms with van der Waals surface area (Å²) in [6.07, 6.45) is 2.38. The van der Waals surface area contributed by atoms with Crippen LogP contribution in [0.5, 0.6) is 0 Å². The molecule has 0 atom stereocenters. The Morgan fingerprint density at radius 2 is 2.10 bits per heavy atom. The summed E-state index contributed by atoms with van der Waals surface area (Å²) in [4.78, 5) is 13.6. The van der Waals surface area contributed by atoms with E-state index in [1.165, 1.54) is 0 Å². The minimum Gasteiger partial charge on any atom is -0.444 e. The molecule has 1 amide bonds. The van der Waals surface area contributed by atoms with E-state index in [0.717, 1.165) is 11.1 Å². The molecule has 0 saturated heterocycles. The van der Waals surface area contributed by atoms with E-state index in [1.807, 2.05) is 32.9 Å². The van der Waals surface area contributed by atoms with Crippen LogP contribution < -0.4 is 5.46 Å². The molecular weight excluding hydrogens is 268 g/mol. The van der Waals surface area contributed by atoms with Crippen LogP contribution in [0.25, 0.3) is 5.57 Å². The van der Waals surface area contributed by atoms with Gasteiger partial charge in [-0.25, -0.2) is 9.18 Å². The summed E-state index contributed by atoms with van der Waals surface area (Å²) in [5.74, 6) is -0.192. The fourth-order valence-electron chi connectivity index (χ4n) is 2.22. The molecule has 5 heteroatoms. The van der Waals surface area contributed by atoms with Gasteiger partial charge >= 0.3 is 6.09 Å². The smallest absolute Gasteiger partial charge is 0.410 e. The predicted molar refractivity (Wildman–Crippen MR) is 85.0 cm³/mol. The largest absolute Gasteiger partial charge is 0.444 e. The van der Waals surface area contributed by atoms with Crippen molar-refractivity contribution in [3.8, 4) is 0 Å². The van der Waals surface area contributed by atoms with Crippen LogP contribution in [-0.2, 0) is 4.74 Å². The van der Waals surface area contributed by atoms with Gasteiger partial charge in [-0.05, 0) is 44.4 Å². The van der Waals surface area contributed by atoms with Gasteiger partial charge in [0.25, 0.3) is 0 Å². The molecule has 3 nitrogen and oxygen atoms in total. The van der Waals surface area contributed by atoms with Crippen LogP contribution in [-0.4, -0.2) is 37.5 Å². The lowest BCUT2D eigenvalue weighted by molar-refractivity contribution is 0.0270. The van der Waals surface area contributed by atoms with Crippen molar-refractivity contribution in [2.45, 2.75) is 32.8 Å². The van der Waals surface area contributed by atoms with Crippen LogP contribution in [0.3, 0.4) is 0 Å². The average molecular weight is 289 g/mol. The Morgan fingerprint density at radius 3 is 2.62 bits per heavy atom. The first-order valence-corrected chi connectivity index (χ1v) is 7.20. The number of hydrogen-bond donors (Lipinski definition) is 0. The fraction of sp³-hybridized carbons (Fsp3) is 0.438. The van der Waals surface area contributed by atoms with Gasteiger partial charge in [0, 0.05) is 13.1 Å². The van der Waals surface area contributed by atoms with Gasteiger partial charge in [0.15, 0.2) is 0 Å². The molecule has 0 fully saturated rings. The van der Waals surface area contributed by atoms with Gasteiger partial charge in [-0.2, -0.15) is 0 Å². The Bertz CT molecular complexity index is 578. The zero-order chi connectivity index (χ0) is 15.6. The zero-order valence-electron chi connectivity index (χ0n) is 13.1. The molecule has 0 radical (unpaired) electrons. The molecule has 1 heterocycles. The summed E-state index contributed by atoms with van der Waals surface area (Å²) in [5.41, 5.74) is 2.13. The maximum atomic E-state index is 13.6. The van der Waals surface area contributed by atoms with Gasteiger partial charge in [0.2, 0.25) is 0 Å². The molecule has 1 aromatic carbocycles.